The Morgan fingerprint density at radius 3 is 2.79 bits per heavy atom. The average molecular weight is 285 g/mol. The number of hydrogen-bond donors (Lipinski definition) is 1. The van der Waals surface area contributed by atoms with E-state index in [0.717, 1.165) is 12.8 Å². The van der Waals surface area contributed by atoms with Crippen molar-refractivity contribution in [3.63, 3.8) is 0 Å². The van der Waals surface area contributed by atoms with E-state index in [4.69, 9.17) is 16.3 Å². The maximum atomic E-state index is 10.9. The average Bonchev–Trinajstić information content (AvgIpc) is 2.32. The van der Waals surface area contributed by atoms with E-state index in [0.29, 0.717) is 23.7 Å². The molecule has 0 heterocycles. The molecule has 1 aromatic carbocycles. The van der Waals surface area contributed by atoms with Crippen LogP contribution in [0.4, 0.5) is 5.69 Å². The zero-order valence-corrected chi connectivity index (χ0v) is 11.6. The Morgan fingerprint density at radius 2 is 2.26 bits per heavy atom. The number of nitro benzene ring substituents is 1. The van der Waals surface area contributed by atoms with Gasteiger partial charge < -0.3 is 10.1 Å². The maximum Gasteiger partial charge on any atom is 0.273 e. The van der Waals surface area contributed by atoms with Gasteiger partial charge in [-0.25, -0.2) is 0 Å². The molecule has 5 nitrogen and oxygen atoms in total. The first-order valence-electron chi connectivity index (χ1n) is 6.25. The third-order valence-corrected chi connectivity index (χ3v) is 3.93. The first kappa shape index (κ1) is 14.2. The smallest absolute Gasteiger partial charge is 0.273 e. The number of nitrogens with zero attached hydrogens (tertiary/aromatic N) is 1. The van der Waals surface area contributed by atoms with Gasteiger partial charge in [0.05, 0.1) is 10.5 Å². The van der Waals surface area contributed by atoms with E-state index in [2.05, 4.69) is 5.32 Å². The van der Waals surface area contributed by atoms with Gasteiger partial charge >= 0.3 is 0 Å². The van der Waals surface area contributed by atoms with Gasteiger partial charge in [-0.1, -0.05) is 11.6 Å². The van der Waals surface area contributed by atoms with Crippen LogP contribution in [0.3, 0.4) is 0 Å². The molecule has 0 spiro atoms. The Labute approximate surface area is 117 Å². The van der Waals surface area contributed by atoms with E-state index >= 15 is 0 Å². The molecule has 1 aliphatic carbocycles. The summed E-state index contributed by atoms with van der Waals surface area (Å²) in [4.78, 5) is 10.5. The van der Waals surface area contributed by atoms with E-state index in [1.807, 2.05) is 0 Å². The Hall–Kier alpha value is -1.17. The number of halogens is 1. The van der Waals surface area contributed by atoms with E-state index in [9.17, 15) is 10.1 Å². The van der Waals surface area contributed by atoms with Crippen LogP contribution in [0.15, 0.2) is 18.2 Å². The van der Waals surface area contributed by atoms with E-state index in [-0.39, 0.29) is 16.2 Å². The number of nitrogens with one attached hydrogen (secondary N) is 1. The molecule has 1 N–H and O–H groups in total. The molecule has 0 amide bonds. The second-order valence-electron chi connectivity index (χ2n) is 4.87. The monoisotopic (exact) mass is 284 g/mol. The maximum absolute atomic E-state index is 10.9. The molecule has 0 radical (unpaired) electrons. The number of benzene rings is 1. The summed E-state index contributed by atoms with van der Waals surface area (Å²) in [6, 6.07) is 4.60. The van der Waals surface area contributed by atoms with Crippen LogP contribution in [0.5, 0.6) is 0 Å². The number of ether oxygens (including phenoxy) is 1. The molecule has 0 bridgehead atoms. The highest BCUT2D eigenvalue weighted by atomic mass is 35.5. The van der Waals surface area contributed by atoms with Gasteiger partial charge in [-0.05, 0) is 31.4 Å². The van der Waals surface area contributed by atoms with Crippen molar-refractivity contribution >= 4 is 17.3 Å². The zero-order chi connectivity index (χ0) is 13.9. The van der Waals surface area contributed by atoms with Crippen molar-refractivity contribution < 1.29 is 9.66 Å². The van der Waals surface area contributed by atoms with Gasteiger partial charge in [0.25, 0.3) is 5.69 Å². The number of hydrogen-bond acceptors (Lipinski definition) is 4. The van der Waals surface area contributed by atoms with Gasteiger partial charge in [0, 0.05) is 36.9 Å². The van der Waals surface area contributed by atoms with Gasteiger partial charge in [0.2, 0.25) is 0 Å². The largest absolute Gasteiger partial charge is 0.377 e. The van der Waals surface area contributed by atoms with Gasteiger partial charge in [-0.3, -0.25) is 10.1 Å². The van der Waals surface area contributed by atoms with Crippen molar-refractivity contribution in [3.8, 4) is 0 Å². The van der Waals surface area contributed by atoms with Crippen molar-refractivity contribution in [2.75, 3.05) is 13.7 Å². The van der Waals surface area contributed by atoms with Gasteiger partial charge in [0.1, 0.15) is 0 Å². The fourth-order valence-electron chi connectivity index (χ4n) is 2.32. The first-order valence-corrected chi connectivity index (χ1v) is 6.63. The summed E-state index contributed by atoms with van der Waals surface area (Å²) in [6.07, 6.45) is 3.25. The fourth-order valence-corrected chi connectivity index (χ4v) is 2.52. The summed E-state index contributed by atoms with van der Waals surface area (Å²) in [5.41, 5.74) is 0.605. The molecule has 1 aliphatic rings. The molecule has 1 saturated carbocycles. The minimum atomic E-state index is -0.386. The Bertz CT molecular complexity index is 469. The van der Waals surface area contributed by atoms with E-state index < -0.39 is 0 Å². The summed E-state index contributed by atoms with van der Waals surface area (Å²) < 4.78 is 5.49. The van der Waals surface area contributed by atoms with Crippen LogP contribution >= 0.6 is 11.6 Å². The number of methoxy groups -OCH3 is 1. The normalized spacial score (nSPS) is 16.9. The molecular weight excluding hydrogens is 268 g/mol. The van der Waals surface area contributed by atoms with Gasteiger partial charge in [0.15, 0.2) is 0 Å². The van der Waals surface area contributed by atoms with Crippen LogP contribution < -0.4 is 5.32 Å². The molecule has 1 aromatic rings. The molecule has 0 aliphatic heterocycles. The molecule has 0 atom stereocenters. The summed E-state index contributed by atoms with van der Waals surface area (Å²) in [5, 5.41) is 14.7. The van der Waals surface area contributed by atoms with Crippen molar-refractivity contribution in [2.45, 2.75) is 31.4 Å². The van der Waals surface area contributed by atoms with Crippen LogP contribution in [0.25, 0.3) is 0 Å². The first-order chi connectivity index (χ1) is 9.06. The second-order valence-corrected chi connectivity index (χ2v) is 5.31. The second kappa shape index (κ2) is 5.86. The number of rotatable bonds is 6. The topological polar surface area (TPSA) is 64.4 Å². The Balaban J connectivity index is 1.99. The predicted molar refractivity (Wildman–Crippen MR) is 73.4 cm³/mol. The standard InChI is InChI=1S/C13H17ClN2O3/c1-19-13(5-2-6-13)9-15-8-10-7-11(14)3-4-12(10)16(17)18/h3-4,7,15H,2,5-6,8-9H2,1H3. The molecular formula is C13H17ClN2O3. The van der Waals surface area contributed by atoms with Crippen molar-refractivity contribution in [1.82, 2.24) is 5.32 Å². The zero-order valence-electron chi connectivity index (χ0n) is 10.8. The summed E-state index contributed by atoms with van der Waals surface area (Å²) >= 11 is 5.88. The molecule has 0 saturated heterocycles. The summed E-state index contributed by atoms with van der Waals surface area (Å²) in [6.45, 7) is 1.12. The third-order valence-electron chi connectivity index (χ3n) is 3.70. The molecule has 0 aromatic heterocycles. The molecule has 0 unspecified atom stereocenters. The quantitative estimate of drug-likeness (QED) is 0.644. The highest BCUT2D eigenvalue weighted by molar-refractivity contribution is 6.30. The van der Waals surface area contributed by atoms with Gasteiger partial charge in [-0.2, -0.15) is 0 Å². The number of nitro groups is 1. The summed E-state index contributed by atoms with van der Waals surface area (Å²) in [7, 11) is 1.71. The lowest BCUT2D eigenvalue weighted by atomic mass is 9.80. The molecule has 1 fully saturated rings. The van der Waals surface area contributed by atoms with E-state index in [1.165, 1.54) is 18.6 Å². The van der Waals surface area contributed by atoms with Crippen LogP contribution in [-0.4, -0.2) is 24.2 Å². The summed E-state index contributed by atoms with van der Waals surface area (Å²) in [5.74, 6) is 0. The van der Waals surface area contributed by atoms with Crippen LogP contribution in [0, 0.1) is 10.1 Å². The van der Waals surface area contributed by atoms with Crippen LogP contribution in [0.1, 0.15) is 24.8 Å². The lowest BCUT2D eigenvalue weighted by Gasteiger charge is -2.40. The van der Waals surface area contributed by atoms with E-state index in [1.54, 1.807) is 13.2 Å². The highest BCUT2D eigenvalue weighted by Gasteiger charge is 2.36. The van der Waals surface area contributed by atoms with Crippen LogP contribution in [0.2, 0.25) is 5.02 Å². The van der Waals surface area contributed by atoms with Gasteiger partial charge in [-0.15, -0.1) is 0 Å². The third kappa shape index (κ3) is 3.23. The molecule has 6 heteroatoms. The predicted octanol–water partition coefficient (Wildman–Crippen LogP) is 2.91. The lowest BCUT2D eigenvalue weighted by Crippen LogP contribution is -2.47. The molecule has 2 rings (SSSR count). The SMILES string of the molecule is COC1(CNCc2cc(Cl)ccc2[N+](=O)[O-])CCC1. The minimum absolute atomic E-state index is 0.0899. The Kier molecular flexibility index (Phi) is 4.39. The minimum Gasteiger partial charge on any atom is -0.377 e. The van der Waals surface area contributed by atoms with Crippen molar-refractivity contribution in [3.05, 3.63) is 38.9 Å². The Morgan fingerprint density at radius 1 is 1.53 bits per heavy atom. The lowest BCUT2D eigenvalue weighted by molar-refractivity contribution is -0.385. The van der Waals surface area contributed by atoms with Crippen molar-refractivity contribution in [2.24, 2.45) is 0 Å². The van der Waals surface area contributed by atoms with Crippen LogP contribution in [-0.2, 0) is 11.3 Å². The highest BCUT2D eigenvalue weighted by Crippen LogP contribution is 2.34. The molecule has 19 heavy (non-hydrogen) atoms. The van der Waals surface area contributed by atoms with Crippen molar-refractivity contribution in [1.29, 1.82) is 0 Å². The fraction of sp³-hybridized carbons (Fsp3) is 0.538. The molecule has 104 valence electrons.